The van der Waals surface area contributed by atoms with Gasteiger partial charge in [0.25, 0.3) is 5.91 Å². The Bertz CT molecular complexity index is 669. The maximum atomic E-state index is 12.7. The molecular weight excluding hydrogens is 298 g/mol. The molecule has 3 heteroatoms. The van der Waals surface area contributed by atoms with Crippen LogP contribution >= 0.6 is 0 Å². The standard InChI is InChI=1S/C21H27NO2/c1-15(2)22(13-19-9-7-6-8-10-19)20(23)14-24-21-17(4)11-16(3)12-18(21)5/h6-12,15H,13-14H2,1-5H3. The maximum Gasteiger partial charge on any atom is 0.261 e. The van der Waals surface area contributed by atoms with Crippen LogP contribution in [0.5, 0.6) is 5.75 Å². The number of carbonyl (C=O) groups is 1. The molecule has 24 heavy (non-hydrogen) atoms. The van der Waals surface area contributed by atoms with Crippen LogP contribution in [0, 0.1) is 20.8 Å². The number of amides is 1. The lowest BCUT2D eigenvalue weighted by Gasteiger charge is -2.27. The van der Waals surface area contributed by atoms with Gasteiger partial charge >= 0.3 is 0 Å². The van der Waals surface area contributed by atoms with Crippen LogP contribution in [-0.2, 0) is 11.3 Å². The van der Waals surface area contributed by atoms with Gasteiger partial charge in [-0.05, 0) is 51.3 Å². The minimum Gasteiger partial charge on any atom is -0.483 e. The second-order valence-corrected chi connectivity index (χ2v) is 6.62. The molecule has 0 heterocycles. The quantitative estimate of drug-likeness (QED) is 0.786. The van der Waals surface area contributed by atoms with Gasteiger partial charge in [0.15, 0.2) is 6.61 Å². The molecule has 2 aromatic rings. The third kappa shape index (κ3) is 4.60. The summed E-state index contributed by atoms with van der Waals surface area (Å²) in [5, 5.41) is 0. The van der Waals surface area contributed by atoms with Crippen molar-refractivity contribution in [2.45, 2.75) is 47.2 Å². The predicted octanol–water partition coefficient (Wildman–Crippen LogP) is 4.43. The van der Waals surface area contributed by atoms with Crippen molar-refractivity contribution < 1.29 is 9.53 Å². The number of hydrogen-bond donors (Lipinski definition) is 0. The minimum absolute atomic E-state index is 0.00762. The number of nitrogens with zero attached hydrogens (tertiary/aromatic N) is 1. The number of hydrogen-bond acceptors (Lipinski definition) is 2. The molecule has 2 rings (SSSR count). The largest absolute Gasteiger partial charge is 0.483 e. The van der Waals surface area contributed by atoms with E-state index >= 15 is 0 Å². The van der Waals surface area contributed by atoms with Crippen molar-refractivity contribution in [3.05, 3.63) is 64.7 Å². The summed E-state index contributed by atoms with van der Waals surface area (Å²) in [7, 11) is 0. The molecule has 0 aliphatic heterocycles. The Labute approximate surface area is 145 Å². The van der Waals surface area contributed by atoms with Crippen LogP contribution in [0.1, 0.15) is 36.1 Å². The molecule has 0 unspecified atom stereocenters. The van der Waals surface area contributed by atoms with Gasteiger partial charge in [-0.1, -0.05) is 48.0 Å². The molecule has 0 N–H and O–H groups in total. The highest BCUT2D eigenvalue weighted by atomic mass is 16.5. The molecule has 0 saturated carbocycles. The average Bonchev–Trinajstić information content (AvgIpc) is 2.52. The van der Waals surface area contributed by atoms with Gasteiger partial charge < -0.3 is 9.64 Å². The van der Waals surface area contributed by atoms with Gasteiger partial charge in [-0.15, -0.1) is 0 Å². The number of benzene rings is 2. The van der Waals surface area contributed by atoms with E-state index in [2.05, 4.69) is 19.1 Å². The molecule has 3 nitrogen and oxygen atoms in total. The Morgan fingerprint density at radius 3 is 2.17 bits per heavy atom. The van der Waals surface area contributed by atoms with Crippen molar-refractivity contribution in [2.75, 3.05) is 6.61 Å². The number of carbonyl (C=O) groups excluding carboxylic acids is 1. The highest BCUT2D eigenvalue weighted by Gasteiger charge is 2.18. The molecule has 0 bridgehead atoms. The Kier molecular flexibility index (Phi) is 6.02. The van der Waals surface area contributed by atoms with Crippen molar-refractivity contribution in [3.63, 3.8) is 0 Å². The van der Waals surface area contributed by atoms with Crippen LogP contribution in [0.4, 0.5) is 0 Å². The van der Waals surface area contributed by atoms with E-state index in [-0.39, 0.29) is 18.6 Å². The topological polar surface area (TPSA) is 29.5 Å². The van der Waals surface area contributed by atoms with Crippen molar-refractivity contribution in [3.8, 4) is 5.75 Å². The summed E-state index contributed by atoms with van der Waals surface area (Å²) in [6.45, 7) is 10.8. The number of rotatable bonds is 6. The monoisotopic (exact) mass is 325 g/mol. The third-order valence-corrected chi connectivity index (χ3v) is 4.08. The maximum absolute atomic E-state index is 12.7. The molecule has 128 valence electrons. The molecule has 2 aromatic carbocycles. The minimum atomic E-state index is 0.00762. The van der Waals surface area contributed by atoms with Crippen molar-refractivity contribution in [1.29, 1.82) is 0 Å². The Morgan fingerprint density at radius 2 is 1.62 bits per heavy atom. The van der Waals surface area contributed by atoms with Crippen LogP contribution in [0.25, 0.3) is 0 Å². The van der Waals surface area contributed by atoms with E-state index in [1.807, 2.05) is 62.9 Å². The smallest absolute Gasteiger partial charge is 0.261 e. The summed E-state index contributed by atoms with van der Waals surface area (Å²) >= 11 is 0. The lowest BCUT2D eigenvalue weighted by molar-refractivity contribution is -0.135. The zero-order valence-electron chi connectivity index (χ0n) is 15.3. The number of aryl methyl sites for hydroxylation is 3. The van der Waals surface area contributed by atoms with Gasteiger partial charge in [-0.2, -0.15) is 0 Å². The van der Waals surface area contributed by atoms with E-state index in [0.717, 1.165) is 22.4 Å². The van der Waals surface area contributed by atoms with Gasteiger partial charge in [0, 0.05) is 12.6 Å². The first-order valence-corrected chi connectivity index (χ1v) is 8.42. The second kappa shape index (κ2) is 8.00. The van der Waals surface area contributed by atoms with E-state index in [9.17, 15) is 4.79 Å². The average molecular weight is 325 g/mol. The first-order valence-electron chi connectivity index (χ1n) is 8.42. The summed E-state index contributed by atoms with van der Waals surface area (Å²) in [5.41, 5.74) is 4.47. The molecule has 0 atom stereocenters. The van der Waals surface area contributed by atoms with E-state index in [0.29, 0.717) is 6.54 Å². The summed E-state index contributed by atoms with van der Waals surface area (Å²) in [4.78, 5) is 14.5. The van der Waals surface area contributed by atoms with Crippen LogP contribution in [0.15, 0.2) is 42.5 Å². The number of ether oxygens (including phenoxy) is 1. The fraction of sp³-hybridized carbons (Fsp3) is 0.381. The van der Waals surface area contributed by atoms with Crippen LogP contribution in [0.3, 0.4) is 0 Å². The zero-order chi connectivity index (χ0) is 17.7. The first-order chi connectivity index (χ1) is 11.4. The van der Waals surface area contributed by atoms with Gasteiger partial charge in [0.05, 0.1) is 0 Å². The molecular formula is C21H27NO2. The molecule has 0 radical (unpaired) electrons. The van der Waals surface area contributed by atoms with Crippen molar-refractivity contribution in [1.82, 2.24) is 4.90 Å². The van der Waals surface area contributed by atoms with E-state index in [4.69, 9.17) is 4.74 Å². The Hall–Kier alpha value is -2.29. The van der Waals surface area contributed by atoms with Gasteiger partial charge in [0.1, 0.15) is 5.75 Å². The van der Waals surface area contributed by atoms with Crippen molar-refractivity contribution >= 4 is 5.91 Å². The fourth-order valence-electron chi connectivity index (χ4n) is 2.95. The SMILES string of the molecule is Cc1cc(C)c(OCC(=O)N(Cc2ccccc2)C(C)C)c(C)c1. The van der Waals surface area contributed by atoms with E-state index in [1.165, 1.54) is 5.56 Å². The third-order valence-electron chi connectivity index (χ3n) is 4.08. The summed E-state index contributed by atoms with van der Waals surface area (Å²) in [6.07, 6.45) is 0. The summed E-state index contributed by atoms with van der Waals surface area (Å²) in [6, 6.07) is 14.3. The van der Waals surface area contributed by atoms with Crippen LogP contribution < -0.4 is 4.74 Å². The second-order valence-electron chi connectivity index (χ2n) is 6.62. The van der Waals surface area contributed by atoms with Crippen LogP contribution in [-0.4, -0.2) is 23.5 Å². The molecule has 0 saturated heterocycles. The molecule has 0 fully saturated rings. The fourth-order valence-corrected chi connectivity index (χ4v) is 2.95. The summed E-state index contributed by atoms with van der Waals surface area (Å²) < 4.78 is 5.86. The Balaban J connectivity index is 2.06. The Morgan fingerprint density at radius 1 is 1.04 bits per heavy atom. The zero-order valence-corrected chi connectivity index (χ0v) is 15.3. The van der Waals surface area contributed by atoms with E-state index < -0.39 is 0 Å². The normalized spacial score (nSPS) is 10.8. The molecule has 0 aromatic heterocycles. The van der Waals surface area contributed by atoms with Gasteiger partial charge in [-0.3, -0.25) is 4.79 Å². The molecule has 0 aliphatic rings. The first kappa shape index (κ1) is 18.1. The molecule has 1 amide bonds. The highest BCUT2D eigenvalue weighted by molar-refractivity contribution is 5.78. The molecule has 0 aliphatic carbocycles. The lowest BCUT2D eigenvalue weighted by atomic mass is 10.1. The van der Waals surface area contributed by atoms with E-state index in [1.54, 1.807) is 0 Å². The van der Waals surface area contributed by atoms with Crippen LogP contribution in [0.2, 0.25) is 0 Å². The predicted molar refractivity (Wildman–Crippen MR) is 98.3 cm³/mol. The lowest BCUT2D eigenvalue weighted by Crippen LogP contribution is -2.39. The van der Waals surface area contributed by atoms with Crippen molar-refractivity contribution in [2.24, 2.45) is 0 Å². The van der Waals surface area contributed by atoms with Gasteiger partial charge in [0.2, 0.25) is 0 Å². The molecule has 0 spiro atoms. The van der Waals surface area contributed by atoms with Gasteiger partial charge in [-0.25, -0.2) is 0 Å². The summed E-state index contributed by atoms with van der Waals surface area (Å²) in [5.74, 6) is 0.825. The highest BCUT2D eigenvalue weighted by Crippen LogP contribution is 2.24.